The minimum atomic E-state index is -1.92. The molecule has 0 bridgehead atoms. The summed E-state index contributed by atoms with van der Waals surface area (Å²) in [5.74, 6) is -3.04. The molecule has 1 aliphatic heterocycles. The molecular formula is C26H25FO9S. The molecule has 11 heteroatoms. The van der Waals surface area contributed by atoms with Crippen LogP contribution in [-0.2, 0) is 29.9 Å². The molecule has 196 valence electrons. The van der Waals surface area contributed by atoms with Crippen LogP contribution in [0.2, 0.25) is 0 Å². The van der Waals surface area contributed by atoms with Crippen molar-refractivity contribution in [2.24, 2.45) is 0 Å². The number of carbonyl (C=O) groups is 2. The zero-order chi connectivity index (χ0) is 27.0. The van der Waals surface area contributed by atoms with Crippen LogP contribution in [0.25, 0.3) is 17.2 Å². The number of hydrogen-bond donors (Lipinski definition) is 4. The molecule has 4 N–H and O–H groups in total. The number of aliphatic hydroxyl groups is 3. The number of rotatable bonds is 6. The molecule has 4 rings (SSSR count). The minimum absolute atomic E-state index is 0.365. The molecule has 1 saturated heterocycles. The van der Waals surface area contributed by atoms with Gasteiger partial charge in [0.1, 0.15) is 24.1 Å². The van der Waals surface area contributed by atoms with Crippen LogP contribution in [0.1, 0.15) is 30.0 Å². The number of ether oxygens (including phenoxy) is 2. The van der Waals surface area contributed by atoms with Crippen LogP contribution >= 0.6 is 0 Å². The molecule has 9 nitrogen and oxygen atoms in total. The molecule has 0 amide bonds. The third-order valence-corrected chi connectivity index (χ3v) is 7.29. The van der Waals surface area contributed by atoms with E-state index in [1.807, 2.05) is 6.08 Å². The third kappa shape index (κ3) is 5.41. The van der Waals surface area contributed by atoms with Gasteiger partial charge in [-0.1, -0.05) is 18.2 Å². The standard InChI is InChI=1S/C26H25FO9S/c1-12-17(9-13-3-6-15(7-4-13)37(2)34)16-8-5-14(27)10-19(16)18(12)11-20(28)35-26-23(31)21(29)22(30)24(36-26)25(32)33/h3-10,21-24,26,29-31H,11H2,1-2H3,(H,32,33)/b17-9-/t21-,22-,23+,24-,26+,37?/m0/s1. The normalized spacial score (nSPS) is 27.2. The van der Waals surface area contributed by atoms with Crippen LogP contribution in [0.5, 0.6) is 0 Å². The van der Waals surface area contributed by atoms with Gasteiger partial charge in [-0.05, 0) is 70.7 Å². The number of carboxylic acids is 1. The van der Waals surface area contributed by atoms with Gasteiger partial charge in [-0.3, -0.25) is 9.00 Å². The number of carboxylic acid groups (broad SMARTS) is 1. The van der Waals surface area contributed by atoms with E-state index in [1.54, 1.807) is 43.5 Å². The van der Waals surface area contributed by atoms with Crippen LogP contribution in [0.3, 0.4) is 0 Å². The Balaban J connectivity index is 1.61. The number of aliphatic carboxylic acids is 1. The van der Waals surface area contributed by atoms with Gasteiger partial charge < -0.3 is 29.9 Å². The number of allylic oxidation sites excluding steroid dienone is 2. The summed E-state index contributed by atoms with van der Waals surface area (Å²) in [6.45, 7) is 1.76. The lowest BCUT2D eigenvalue weighted by Gasteiger charge is -2.38. The SMILES string of the molecule is CC1=C(CC(=O)O[C@@H]2O[C@H](C(=O)O)[C@@H](O)[C@H](O)[C@H]2O)c2cc(F)ccc2/C1=C\c1ccc(S(C)=O)cc1. The number of fused-ring (bicyclic) bond motifs is 1. The Labute approximate surface area is 213 Å². The summed E-state index contributed by atoms with van der Waals surface area (Å²) in [6, 6.07) is 11.3. The van der Waals surface area contributed by atoms with Crippen molar-refractivity contribution in [3.8, 4) is 0 Å². The Kier molecular flexibility index (Phi) is 7.72. The smallest absolute Gasteiger partial charge is 0.335 e. The van der Waals surface area contributed by atoms with Crippen molar-refractivity contribution in [1.29, 1.82) is 0 Å². The Morgan fingerprint density at radius 1 is 1.05 bits per heavy atom. The van der Waals surface area contributed by atoms with E-state index >= 15 is 0 Å². The summed E-state index contributed by atoms with van der Waals surface area (Å²) in [6.07, 6.45) is -6.39. The zero-order valence-electron chi connectivity index (χ0n) is 19.8. The lowest BCUT2D eigenvalue weighted by molar-refractivity contribution is -0.286. The lowest BCUT2D eigenvalue weighted by atomic mass is 9.99. The fourth-order valence-electron chi connectivity index (χ4n) is 4.37. The summed E-state index contributed by atoms with van der Waals surface area (Å²) in [4.78, 5) is 24.8. The van der Waals surface area contributed by atoms with Crippen molar-refractivity contribution >= 4 is 40.0 Å². The van der Waals surface area contributed by atoms with Gasteiger partial charge in [0.2, 0.25) is 6.29 Å². The minimum Gasteiger partial charge on any atom is -0.479 e. The Bertz CT molecular complexity index is 1320. The van der Waals surface area contributed by atoms with Crippen LogP contribution in [0.4, 0.5) is 4.39 Å². The van der Waals surface area contributed by atoms with E-state index in [0.717, 1.165) is 11.1 Å². The van der Waals surface area contributed by atoms with E-state index in [-0.39, 0.29) is 6.42 Å². The highest BCUT2D eigenvalue weighted by atomic mass is 32.2. The maximum absolute atomic E-state index is 14.1. The van der Waals surface area contributed by atoms with E-state index in [2.05, 4.69) is 0 Å². The largest absolute Gasteiger partial charge is 0.479 e. The van der Waals surface area contributed by atoms with Crippen LogP contribution in [-0.4, -0.2) is 73.5 Å². The average Bonchev–Trinajstić information content (AvgIpc) is 3.09. The second-order valence-corrected chi connectivity index (χ2v) is 10.2. The number of benzene rings is 2. The molecule has 2 aliphatic rings. The number of carbonyl (C=O) groups excluding carboxylic acids is 1. The summed E-state index contributed by atoms with van der Waals surface area (Å²) < 4.78 is 36.0. The van der Waals surface area contributed by atoms with Crippen molar-refractivity contribution in [3.05, 3.63) is 70.5 Å². The predicted molar refractivity (Wildman–Crippen MR) is 131 cm³/mol. The van der Waals surface area contributed by atoms with E-state index < -0.39 is 59.3 Å². The van der Waals surface area contributed by atoms with Crippen molar-refractivity contribution in [1.82, 2.24) is 0 Å². The van der Waals surface area contributed by atoms with Gasteiger partial charge >= 0.3 is 11.9 Å². The quantitative estimate of drug-likeness (QED) is 0.408. The summed E-state index contributed by atoms with van der Waals surface area (Å²) in [7, 11) is -1.13. The van der Waals surface area contributed by atoms with E-state index in [1.165, 1.54) is 12.1 Å². The van der Waals surface area contributed by atoms with Gasteiger partial charge in [0, 0.05) is 22.0 Å². The molecular weight excluding hydrogens is 507 g/mol. The highest BCUT2D eigenvalue weighted by Gasteiger charge is 2.48. The third-order valence-electron chi connectivity index (χ3n) is 6.36. The zero-order valence-corrected chi connectivity index (χ0v) is 20.6. The topological polar surface area (TPSA) is 151 Å². The van der Waals surface area contributed by atoms with Gasteiger partial charge in [-0.15, -0.1) is 0 Å². The highest BCUT2D eigenvalue weighted by Crippen LogP contribution is 2.44. The molecule has 1 heterocycles. The maximum Gasteiger partial charge on any atom is 0.335 e. The first-order valence-corrected chi connectivity index (χ1v) is 12.8. The summed E-state index contributed by atoms with van der Waals surface area (Å²) in [5, 5.41) is 39.1. The van der Waals surface area contributed by atoms with Crippen molar-refractivity contribution < 1.29 is 48.1 Å². The molecule has 37 heavy (non-hydrogen) atoms. The molecule has 0 saturated carbocycles. The summed E-state index contributed by atoms with van der Waals surface area (Å²) in [5.41, 5.74) is 3.82. The van der Waals surface area contributed by atoms with Crippen LogP contribution < -0.4 is 0 Å². The second-order valence-electron chi connectivity index (χ2n) is 8.78. The molecule has 1 aliphatic carbocycles. The average molecular weight is 533 g/mol. The van der Waals surface area contributed by atoms with Crippen LogP contribution in [0.15, 0.2) is 52.9 Å². The monoisotopic (exact) mass is 532 g/mol. The molecule has 0 spiro atoms. The van der Waals surface area contributed by atoms with Gasteiger partial charge in [0.15, 0.2) is 6.10 Å². The summed E-state index contributed by atoms with van der Waals surface area (Å²) >= 11 is 0. The second kappa shape index (κ2) is 10.6. The highest BCUT2D eigenvalue weighted by molar-refractivity contribution is 7.84. The fourth-order valence-corrected chi connectivity index (χ4v) is 4.89. The first kappa shape index (κ1) is 26.8. The van der Waals surface area contributed by atoms with E-state index in [0.29, 0.717) is 27.2 Å². The lowest BCUT2D eigenvalue weighted by Crippen LogP contribution is -2.60. The van der Waals surface area contributed by atoms with Crippen LogP contribution in [0, 0.1) is 5.82 Å². The number of aliphatic hydroxyl groups excluding tert-OH is 3. The molecule has 6 atom stereocenters. The Morgan fingerprint density at radius 2 is 1.73 bits per heavy atom. The van der Waals surface area contributed by atoms with E-state index in [9.17, 15) is 38.6 Å². The van der Waals surface area contributed by atoms with E-state index in [4.69, 9.17) is 9.47 Å². The van der Waals surface area contributed by atoms with Crippen molar-refractivity contribution in [3.63, 3.8) is 0 Å². The molecule has 2 aromatic carbocycles. The fraction of sp³-hybridized carbons (Fsp3) is 0.308. The first-order chi connectivity index (χ1) is 17.5. The molecule has 1 fully saturated rings. The predicted octanol–water partition coefficient (Wildman–Crippen LogP) is 1.72. The van der Waals surface area contributed by atoms with Crippen molar-refractivity contribution in [2.75, 3.05) is 6.26 Å². The number of esters is 1. The Morgan fingerprint density at radius 3 is 2.35 bits per heavy atom. The molecule has 0 aromatic heterocycles. The maximum atomic E-state index is 14.1. The molecule has 2 aromatic rings. The number of halogens is 1. The van der Waals surface area contributed by atoms with Gasteiger partial charge in [0.05, 0.1) is 6.42 Å². The Hall–Kier alpha value is -3.22. The number of hydrogen-bond acceptors (Lipinski definition) is 8. The van der Waals surface area contributed by atoms with Crippen molar-refractivity contribution in [2.45, 2.75) is 48.9 Å². The van der Waals surface area contributed by atoms with Gasteiger partial charge in [0.25, 0.3) is 0 Å². The van der Waals surface area contributed by atoms with Gasteiger partial charge in [-0.2, -0.15) is 0 Å². The molecule has 0 radical (unpaired) electrons. The first-order valence-electron chi connectivity index (χ1n) is 11.3. The van der Waals surface area contributed by atoms with Gasteiger partial charge in [-0.25, -0.2) is 9.18 Å². The molecule has 1 unspecified atom stereocenters.